The number of pyridine rings is 1. The zero-order valence-corrected chi connectivity index (χ0v) is 10.6. The fourth-order valence-corrected chi connectivity index (χ4v) is 2.33. The molecule has 0 bridgehead atoms. The van der Waals surface area contributed by atoms with E-state index in [1.807, 2.05) is 19.2 Å². The van der Waals surface area contributed by atoms with Gasteiger partial charge in [-0.3, -0.25) is 5.10 Å². The molecule has 0 saturated carbocycles. The Morgan fingerprint density at radius 2 is 1.89 bits per heavy atom. The van der Waals surface area contributed by atoms with Gasteiger partial charge in [-0.15, -0.1) is 0 Å². The topological polar surface area (TPSA) is 41.6 Å². The van der Waals surface area contributed by atoms with E-state index in [2.05, 4.69) is 46.4 Å². The third kappa shape index (κ3) is 1.78. The van der Waals surface area contributed by atoms with Gasteiger partial charge in [-0.1, -0.05) is 30.3 Å². The maximum absolute atomic E-state index is 4.36. The van der Waals surface area contributed by atoms with Crippen LogP contribution in [0.3, 0.4) is 0 Å². The SMILES string of the molecule is Cc1cnc2n[nH]c(C)c2c1Cc1ccccc1. The molecule has 3 nitrogen and oxygen atoms in total. The number of nitrogens with zero attached hydrogens (tertiary/aromatic N) is 2. The van der Waals surface area contributed by atoms with Crippen LogP contribution < -0.4 is 0 Å². The predicted octanol–water partition coefficient (Wildman–Crippen LogP) is 3.17. The molecule has 2 aromatic heterocycles. The fraction of sp³-hybridized carbons (Fsp3) is 0.200. The molecule has 0 fully saturated rings. The third-order valence-corrected chi connectivity index (χ3v) is 3.31. The molecule has 0 saturated heterocycles. The molecule has 3 heteroatoms. The first-order valence-corrected chi connectivity index (χ1v) is 6.09. The molecule has 18 heavy (non-hydrogen) atoms. The van der Waals surface area contributed by atoms with Gasteiger partial charge in [-0.25, -0.2) is 4.98 Å². The number of fused-ring (bicyclic) bond motifs is 1. The first-order chi connectivity index (χ1) is 8.75. The summed E-state index contributed by atoms with van der Waals surface area (Å²) in [6.07, 6.45) is 2.83. The van der Waals surface area contributed by atoms with Crippen LogP contribution in [0.2, 0.25) is 0 Å². The molecule has 0 spiro atoms. The van der Waals surface area contributed by atoms with Crippen molar-refractivity contribution < 1.29 is 0 Å². The van der Waals surface area contributed by atoms with Crippen LogP contribution in [0.1, 0.15) is 22.4 Å². The van der Waals surface area contributed by atoms with Crippen LogP contribution in [-0.2, 0) is 6.42 Å². The van der Waals surface area contributed by atoms with Gasteiger partial charge in [0, 0.05) is 17.3 Å². The van der Waals surface area contributed by atoms with Crippen molar-refractivity contribution in [3.63, 3.8) is 0 Å². The number of benzene rings is 1. The Kier molecular flexibility index (Phi) is 2.59. The first kappa shape index (κ1) is 11.0. The fourth-order valence-electron chi connectivity index (χ4n) is 2.33. The second kappa shape index (κ2) is 4.26. The van der Waals surface area contributed by atoms with E-state index < -0.39 is 0 Å². The zero-order valence-electron chi connectivity index (χ0n) is 10.6. The van der Waals surface area contributed by atoms with Gasteiger partial charge in [-0.2, -0.15) is 5.10 Å². The molecular formula is C15H15N3. The number of aromatic nitrogens is 3. The molecule has 2 heterocycles. The highest BCUT2D eigenvalue weighted by molar-refractivity contribution is 5.82. The molecule has 0 aliphatic heterocycles. The zero-order chi connectivity index (χ0) is 12.5. The smallest absolute Gasteiger partial charge is 0.181 e. The van der Waals surface area contributed by atoms with Crippen molar-refractivity contribution >= 4 is 11.0 Å². The van der Waals surface area contributed by atoms with Gasteiger partial charge in [0.05, 0.1) is 0 Å². The average molecular weight is 237 g/mol. The van der Waals surface area contributed by atoms with Gasteiger partial charge >= 0.3 is 0 Å². The minimum atomic E-state index is 0.809. The van der Waals surface area contributed by atoms with Gasteiger partial charge in [0.25, 0.3) is 0 Å². The van der Waals surface area contributed by atoms with E-state index in [0.29, 0.717) is 0 Å². The maximum atomic E-state index is 4.36. The molecule has 1 aromatic carbocycles. The summed E-state index contributed by atoms with van der Waals surface area (Å²) in [5, 5.41) is 8.41. The average Bonchev–Trinajstić information content (AvgIpc) is 2.76. The number of aryl methyl sites for hydroxylation is 2. The van der Waals surface area contributed by atoms with Crippen LogP contribution in [0.4, 0.5) is 0 Å². The number of aromatic amines is 1. The summed E-state index contributed by atoms with van der Waals surface area (Å²) in [7, 11) is 0. The summed E-state index contributed by atoms with van der Waals surface area (Å²) in [5.41, 5.74) is 5.75. The second-order valence-electron chi connectivity index (χ2n) is 4.63. The van der Waals surface area contributed by atoms with Crippen LogP contribution in [0, 0.1) is 13.8 Å². The highest BCUT2D eigenvalue weighted by atomic mass is 15.1. The van der Waals surface area contributed by atoms with Crippen molar-refractivity contribution in [1.29, 1.82) is 0 Å². The summed E-state index contributed by atoms with van der Waals surface area (Å²) in [5.74, 6) is 0. The minimum absolute atomic E-state index is 0.809. The van der Waals surface area contributed by atoms with Crippen molar-refractivity contribution in [3.05, 3.63) is 58.9 Å². The standard InChI is InChI=1S/C15H15N3/c1-10-9-16-15-14(11(2)17-18-15)13(10)8-12-6-4-3-5-7-12/h3-7,9H,8H2,1-2H3,(H,16,17,18). The largest absolute Gasteiger partial charge is 0.280 e. The van der Waals surface area contributed by atoms with Crippen LogP contribution in [-0.4, -0.2) is 15.2 Å². The summed E-state index contributed by atoms with van der Waals surface area (Å²) in [6.45, 7) is 4.15. The summed E-state index contributed by atoms with van der Waals surface area (Å²) < 4.78 is 0. The van der Waals surface area contributed by atoms with E-state index in [4.69, 9.17) is 0 Å². The lowest BCUT2D eigenvalue weighted by atomic mass is 9.98. The lowest BCUT2D eigenvalue weighted by molar-refractivity contribution is 1.05. The van der Waals surface area contributed by atoms with Crippen molar-refractivity contribution in [2.45, 2.75) is 20.3 Å². The Hall–Kier alpha value is -2.16. The second-order valence-corrected chi connectivity index (χ2v) is 4.63. The lowest BCUT2D eigenvalue weighted by Crippen LogP contribution is -1.95. The Bertz CT molecular complexity index is 684. The highest BCUT2D eigenvalue weighted by Crippen LogP contribution is 2.24. The van der Waals surface area contributed by atoms with Crippen LogP contribution in [0.25, 0.3) is 11.0 Å². The summed E-state index contributed by atoms with van der Waals surface area (Å²) in [4.78, 5) is 4.36. The molecule has 3 aromatic rings. The van der Waals surface area contributed by atoms with Crippen molar-refractivity contribution in [2.24, 2.45) is 0 Å². The first-order valence-electron chi connectivity index (χ1n) is 6.09. The molecule has 0 radical (unpaired) electrons. The van der Waals surface area contributed by atoms with Crippen LogP contribution >= 0.6 is 0 Å². The molecule has 0 aliphatic rings. The Morgan fingerprint density at radius 1 is 1.11 bits per heavy atom. The highest BCUT2D eigenvalue weighted by Gasteiger charge is 2.11. The number of rotatable bonds is 2. The van der Waals surface area contributed by atoms with Gasteiger partial charge in [-0.05, 0) is 37.0 Å². The molecule has 0 unspecified atom stereocenters. The number of hydrogen-bond acceptors (Lipinski definition) is 2. The van der Waals surface area contributed by atoms with E-state index in [9.17, 15) is 0 Å². The van der Waals surface area contributed by atoms with E-state index in [0.717, 1.165) is 17.8 Å². The lowest BCUT2D eigenvalue weighted by Gasteiger charge is -2.07. The van der Waals surface area contributed by atoms with Gasteiger partial charge in [0.15, 0.2) is 5.65 Å². The van der Waals surface area contributed by atoms with E-state index in [1.165, 1.54) is 22.1 Å². The maximum Gasteiger partial charge on any atom is 0.181 e. The van der Waals surface area contributed by atoms with Crippen LogP contribution in [0.5, 0.6) is 0 Å². The Labute approximate surface area is 106 Å². The monoisotopic (exact) mass is 237 g/mol. The Morgan fingerprint density at radius 3 is 2.67 bits per heavy atom. The molecule has 1 N–H and O–H groups in total. The normalized spacial score (nSPS) is 11.0. The van der Waals surface area contributed by atoms with E-state index in [-0.39, 0.29) is 0 Å². The molecule has 90 valence electrons. The van der Waals surface area contributed by atoms with Gasteiger partial charge < -0.3 is 0 Å². The molecule has 0 amide bonds. The minimum Gasteiger partial charge on any atom is -0.280 e. The molecule has 0 aliphatic carbocycles. The third-order valence-electron chi connectivity index (χ3n) is 3.31. The van der Waals surface area contributed by atoms with Crippen molar-refractivity contribution in [3.8, 4) is 0 Å². The van der Waals surface area contributed by atoms with Gasteiger partial charge in [0.2, 0.25) is 0 Å². The number of nitrogens with one attached hydrogen (secondary N) is 1. The summed E-state index contributed by atoms with van der Waals surface area (Å²) >= 11 is 0. The molecular weight excluding hydrogens is 222 g/mol. The van der Waals surface area contributed by atoms with E-state index in [1.54, 1.807) is 0 Å². The molecule has 0 atom stereocenters. The molecule has 3 rings (SSSR count). The van der Waals surface area contributed by atoms with Crippen molar-refractivity contribution in [1.82, 2.24) is 15.2 Å². The quantitative estimate of drug-likeness (QED) is 0.743. The number of hydrogen-bond donors (Lipinski definition) is 1. The van der Waals surface area contributed by atoms with Gasteiger partial charge in [0.1, 0.15) is 0 Å². The van der Waals surface area contributed by atoms with Crippen molar-refractivity contribution in [2.75, 3.05) is 0 Å². The van der Waals surface area contributed by atoms with Crippen LogP contribution in [0.15, 0.2) is 36.5 Å². The van der Waals surface area contributed by atoms with E-state index >= 15 is 0 Å². The Balaban J connectivity index is 2.16. The predicted molar refractivity (Wildman–Crippen MR) is 72.6 cm³/mol. The summed E-state index contributed by atoms with van der Waals surface area (Å²) in [6, 6.07) is 10.5. The number of H-pyrrole nitrogens is 1.